The van der Waals surface area contributed by atoms with E-state index < -0.39 is 0 Å². The summed E-state index contributed by atoms with van der Waals surface area (Å²) in [6, 6.07) is 0.194. The molecule has 0 aromatic carbocycles. The van der Waals surface area contributed by atoms with E-state index in [0.717, 1.165) is 32.4 Å². The zero-order valence-corrected chi connectivity index (χ0v) is 9.01. The minimum absolute atomic E-state index is 0.0489. The molecular weight excluding hydrogens is 180 g/mol. The minimum atomic E-state index is -0.284. The molecule has 1 rings (SSSR count). The lowest BCUT2D eigenvalue weighted by Crippen LogP contribution is -2.41. The number of hydrogen-bond acceptors (Lipinski definition) is 3. The van der Waals surface area contributed by atoms with Crippen LogP contribution in [0.4, 0.5) is 4.79 Å². The van der Waals surface area contributed by atoms with Gasteiger partial charge in [-0.1, -0.05) is 6.92 Å². The Morgan fingerprint density at radius 2 is 2.50 bits per heavy atom. The summed E-state index contributed by atoms with van der Waals surface area (Å²) in [6.45, 7) is 5.83. The molecule has 0 saturated carbocycles. The number of rotatable bonds is 3. The van der Waals surface area contributed by atoms with Crippen LogP contribution in [-0.2, 0) is 4.74 Å². The summed E-state index contributed by atoms with van der Waals surface area (Å²) in [4.78, 5) is 11.3. The van der Waals surface area contributed by atoms with Crippen molar-refractivity contribution in [2.24, 2.45) is 0 Å². The number of piperidine rings is 1. The van der Waals surface area contributed by atoms with E-state index in [4.69, 9.17) is 4.74 Å². The SMILES string of the molecule is CCC(C)NC(=O)OC1CCCNC1. The highest BCUT2D eigenvalue weighted by Crippen LogP contribution is 2.06. The van der Waals surface area contributed by atoms with Gasteiger partial charge in [0, 0.05) is 12.6 Å². The molecular formula is C10H20N2O2. The number of nitrogens with one attached hydrogen (secondary N) is 2. The average Bonchev–Trinajstić information content (AvgIpc) is 2.19. The molecule has 0 spiro atoms. The Morgan fingerprint density at radius 1 is 1.71 bits per heavy atom. The van der Waals surface area contributed by atoms with Crippen LogP contribution in [-0.4, -0.2) is 31.3 Å². The van der Waals surface area contributed by atoms with Crippen molar-refractivity contribution in [3.63, 3.8) is 0 Å². The molecule has 1 heterocycles. The number of amides is 1. The van der Waals surface area contributed by atoms with Gasteiger partial charge in [-0.2, -0.15) is 0 Å². The molecule has 2 atom stereocenters. The topological polar surface area (TPSA) is 50.4 Å². The van der Waals surface area contributed by atoms with Crippen LogP contribution in [0.2, 0.25) is 0 Å². The Morgan fingerprint density at radius 3 is 3.07 bits per heavy atom. The number of alkyl carbamates (subject to hydrolysis) is 1. The minimum Gasteiger partial charge on any atom is -0.445 e. The van der Waals surface area contributed by atoms with Gasteiger partial charge in [0.1, 0.15) is 6.10 Å². The molecule has 1 amide bonds. The maximum Gasteiger partial charge on any atom is 0.407 e. The first kappa shape index (κ1) is 11.3. The zero-order valence-electron chi connectivity index (χ0n) is 9.01. The molecule has 0 aromatic rings. The van der Waals surface area contributed by atoms with Crippen LogP contribution in [0, 0.1) is 0 Å². The third kappa shape index (κ3) is 3.96. The first-order chi connectivity index (χ1) is 6.72. The second kappa shape index (κ2) is 5.86. The van der Waals surface area contributed by atoms with Gasteiger partial charge in [-0.05, 0) is 32.7 Å². The Labute approximate surface area is 85.4 Å². The van der Waals surface area contributed by atoms with Crippen molar-refractivity contribution in [1.29, 1.82) is 0 Å². The first-order valence-corrected chi connectivity index (χ1v) is 5.40. The van der Waals surface area contributed by atoms with E-state index in [1.807, 2.05) is 13.8 Å². The molecule has 2 N–H and O–H groups in total. The molecule has 1 saturated heterocycles. The summed E-state index contributed by atoms with van der Waals surface area (Å²) >= 11 is 0. The van der Waals surface area contributed by atoms with E-state index in [9.17, 15) is 4.79 Å². The van der Waals surface area contributed by atoms with Gasteiger partial charge < -0.3 is 15.4 Å². The third-order valence-electron chi connectivity index (χ3n) is 2.50. The summed E-state index contributed by atoms with van der Waals surface area (Å²) < 4.78 is 5.25. The predicted molar refractivity (Wildman–Crippen MR) is 55.3 cm³/mol. The van der Waals surface area contributed by atoms with Gasteiger partial charge in [-0.3, -0.25) is 0 Å². The summed E-state index contributed by atoms with van der Waals surface area (Å²) in [5, 5.41) is 5.99. The van der Waals surface area contributed by atoms with Gasteiger partial charge in [0.25, 0.3) is 0 Å². The Hall–Kier alpha value is -0.770. The standard InChI is InChI=1S/C10H20N2O2/c1-3-8(2)12-10(13)14-9-5-4-6-11-7-9/h8-9,11H,3-7H2,1-2H3,(H,12,13). The fourth-order valence-electron chi connectivity index (χ4n) is 1.41. The molecule has 1 aliphatic heterocycles. The lowest BCUT2D eigenvalue weighted by Gasteiger charge is -2.23. The van der Waals surface area contributed by atoms with E-state index in [1.54, 1.807) is 0 Å². The molecule has 0 aromatic heterocycles. The summed E-state index contributed by atoms with van der Waals surface area (Å²) in [5.74, 6) is 0. The van der Waals surface area contributed by atoms with E-state index in [2.05, 4.69) is 10.6 Å². The molecule has 1 aliphatic rings. The molecule has 0 bridgehead atoms. The number of carbonyl (C=O) groups is 1. The molecule has 0 aliphatic carbocycles. The van der Waals surface area contributed by atoms with Crippen LogP contribution in [0.3, 0.4) is 0 Å². The van der Waals surface area contributed by atoms with Crippen LogP contribution in [0.1, 0.15) is 33.1 Å². The van der Waals surface area contributed by atoms with Gasteiger partial charge in [0.15, 0.2) is 0 Å². The number of hydrogen-bond donors (Lipinski definition) is 2. The van der Waals surface area contributed by atoms with Gasteiger partial charge >= 0.3 is 6.09 Å². The van der Waals surface area contributed by atoms with Crippen molar-refractivity contribution in [2.75, 3.05) is 13.1 Å². The highest BCUT2D eigenvalue weighted by molar-refractivity contribution is 5.67. The maximum atomic E-state index is 11.3. The van der Waals surface area contributed by atoms with Crippen LogP contribution < -0.4 is 10.6 Å². The predicted octanol–water partition coefficient (Wildman–Crippen LogP) is 1.26. The fraction of sp³-hybridized carbons (Fsp3) is 0.900. The van der Waals surface area contributed by atoms with Crippen LogP contribution in [0.15, 0.2) is 0 Å². The maximum absolute atomic E-state index is 11.3. The monoisotopic (exact) mass is 200 g/mol. The van der Waals surface area contributed by atoms with Crippen LogP contribution in [0.5, 0.6) is 0 Å². The van der Waals surface area contributed by atoms with Gasteiger partial charge in [-0.25, -0.2) is 4.79 Å². The largest absolute Gasteiger partial charge is 0.445 e. The van der Waals surface area contributed by atoms with Crippen molar-refractivity contribution >= 4 is 6.09 Å². The van der Waals surface area contributed by atoms with E-state index >= 15 is 0 Å². The lowest BCUT2D eigenvalue weighted by atomic mass is 10.1. The van der Waals surface area contributed by atoms with E-state index in [-0.39, 0.29) is 18.2 Å². The normalized spacial score (nSPS) is 24.0. The lowest BCUT2D eigenvalue weighted by molar-refractivity contribution is 0.0803. The highest BCUT2D eigenvalue weighted by Gasteiger charge is 2.17. The van der Waals surface area contributed by atoms with Crippen molar-refractivity contribution < 1.29 is 9.53 Å². The smallest absolute Gasteiger partial charge is 0.407 e. The van der Waals surface area contributed by atoms with Gasteiger partial charge in [0.05, 0.1) is 0 Å². The zero-order chi connectivity index (χ0) is 10.4. The second-order valence-corrected chi connectivity index (χ2v) is 3.83. The molecule has 0 radical (unpaired) electrons. The van der Waals surface area contributed by atoms with E-state index in [1.165, 1.54) is 0 Å². The van der Waals surface area contributed by atoms with Gasteiger partial charge in [-0.15, -0.1) is 0 Å². The van der Waals surface area contributed by atoms with Crippen molar-refractivity contribution in [1.82, 2.24) is 10.6 Å². The molecule has 14 heavy (non-hydrogen) atoms. The van der Waals surface area contributed by atoms with Crippen LogP contribution in [0.25, 0.3) is 0 Å². The van der Waals surface area contributed by atoms with Crippen molar-refractivity contribution in [3.05, 3.63) is 0 Å². The molecule has 82 valence electrons. The first-order valence-electron chi connectivity index (χ1n) is 5.40. The highest BCUT2D eigenvalue weighted by atomic mass is 16.6. The van der Waals surface area contributed by atoms with Crippen molar-refractivity contribution in [3.8, 4) is 0 Å². The Bertz CT molecular complexity index is 179. The Kier molecular flexibility index (Phi) is 4.73. The Balaban J connectivity index is 2.18. The third-order valence-corrected chi connectivity index (χ3v) is 2.50. The fourth-order valence-corrected chi connectivity index (χ4v) is 1.41. The second-order valence-electron chi connectivity index (χ2n) is 3.83. The summed E-state index contributed by atoms with van der Waals surface area (Å²) in [5.41, 5.74) is 0. The average molecular weight is 200 g/mol. The van der Waals surface area contributed by atoms with Gasteiger partial charge in [0.2, 0.25) is 0 Å². The van der Waals surface area contributed by atoms with E-state index in [0.29, 0.717) is 0 Å². The number of ether oxygens (including phenoxy) is 1. The molecule has 4 nitrogen and oxygen atoms in total. The molecule has 1 fully saturated rings. The number of carbonyl (C=O) groups excluding carboxylic acids is 1. The summed E-state index contributed by atoms with van der Waals surface area (Å²) in [6.07, 6.45) is 2.75. The quantitative estimate of drug-likeness (QED) is 0.721. The summed E-state index contributed by atoms with van der Waals surface area (Å²) in [7, 11) is 0. The van der Waals surface area contributed by atoms with Crippen molar-refractivity contribution in [2.45, 2.75) is 45.3 Å². The van der Waals surface area contributed by atoms with Crippen LogP contribution >= 0.6 is 0 Å². The molecule has 2 unspecified atom stereocenters. The molecule has 4 heteroatoms.